The first-order valence-corrected chi connectivity index (χ1v) is 3.03. The molecule has 0 aliphatic heterocycles. The van der Waals surface area contributed by atoms with Crippen molar-refractivity contribution in [2.45, 2.75) is 6.42 Å². The van der Waals surface area contributed by atoms with Crippen molar-refractivity contribution in [1.29, 1.82) is 0 Å². The molecule has 0 fully saturated rings. The fourth-order valence-corrected chi connectivity index (χ4v) is 0.902. The standard InChI is InChI=1S/C5H5.Gd/c1-2-4-5-3-1;/h1-3H,4H2;. The van der Waals surface area contributed by atoms with Gasteiger partial charge in [0.15, 0.2) is 0 Å². The minimum absolute atomic E-state index is 1.18. The SMILES string of the molecule is [Gd][C]1=CC=CC1. The zero-order chi connectivity index (χ0) is 4.41. The third kappa shape index (κ3) is 1.14. The molecule has 1 heteroatoms. The second-order valence-electron chi connectivity index (χ2n) is 1.23. The third-order valence-corrected chi connectivity index (χ3v) is 1.56. The predicted molar refractivity (Wildman–Crippen MR) is 21.8 cm³/mol. The molecule has 6 heavy (non-hydrogen) atoms. The zero-order valence-corrected chi connectivity index (χ0v) is 5.56. The van der Waals surface area contributed by atoms with Crippen LogP contribution in [0.4, 0.5) is 0 Å². The van der Waals surface area contributed by atoms with E-state index in [4.69, 9.17) is 0 Å². The van der Waals surface area contributed by atoms with Crippen molar-refractivity contribution in [3.8, 4) is 0 Å². The first-order chi connectivity index (χ1) is 2.89. The summed E-state index contributed by atoms with van der Waals surface area (Å²) < 4.78 is 1.50. The molecule has 0 aromatic heterocycles. The van der Waals surface area contributed by atoms with Crippen molar-refractivity contribution >= 4 is 0 Å². The van der Waals surface area contributed by atoms with E-state index in [0.29, 0.717) is 0 Å². The molecule has 0 bridgehead atoms. The van der Waals surface area contributed by atoms with Crippen LogP contribution >= 0.6 is 0 Å². The Hall–Kier alpha value is 0.805. The van der Waals surface area contributed by atoms with E-state index in [0.717, 1.165) is 0 Å². The topological polar surface area (TPSA) is 0 Å². The fourth-order valence-electron chi connectivity index (χ4n) is 0.416. The first kappa shape index (κ1) is 4.95. The number of hydrogen-bond donors (Lipinski definition) is 0. The maximum atomic E-state index is 2.17. The Labute approximate surface area is 63.2 Å². The van der Waals surface area contributed by atoms with Crippen LogP contribution in [-0.4, -0.2) is 0 Å². The average molecular weight is 222 g/mol. The normalized spacial score (nSPS) is 18.5. The van der Waals surface area contributed by atoms with Gasteiger partial charge in [0.05, 0.1) is 0 Å². The van der Waals surface area contributed by atoms with Crippen LogP contribution in [-0.2, 0) is 0 Å². The summed E-state index contributed by atoms with van der Waals surface area (Å²) in [6.07, 6.45) is 7.60. The Morgan fingerprint density at radius 3 is 2.67 bits per heavy atom. The van der Waals surface area contributed by atoms with Crippen LogP contribution in [0.3, 0.4) is 0 Å². The van der Waals surface area contributed by atoms with E-state index in [-0.39, 0.29) is 0 Å². The summed E-state index contributed by atoms with van der Waals surface area (Å²) in [4.78, 5) is 0. The molecular formula is C5H5Gd. The molecule has 0 saturated carbocycles. The van der Waals surface area contributed by atoms with Gasteiger partial charge in [-0.15, -0.1) is 0 Å². The molecule has 0 aromatic rings. The Balaban J connectivity index is 2.61. The number of rotatable bonds is 0. The predicted octanol–water partition coefficient (Wildman–Crippen LogP) is 1.38. The van der Waals surface area contributed by atoms with E-state index in [1.165, 1.54) is 7.77 Å². The molecule has 0 unspecified atom stereocenters. The maximum absolute atomic E-state index is 2.17. The summed E-state index contributed by atoms with van der Waals surface area (Å²) in [6.45, 7) is 0. The molecule has 0 amide bonds. The Morgan fingerprint density at radius 1 is 1.67 bits per heavy atom. The van der Waals surface area contributed by atoms with E-state index in [9.17, 15) is 0 Å². The molecule has 0 atom stereocenters. The summed E-state index contributed by atoms with van der Waals surface area (Å²) in [7, 11) is 0. The third-order valence-electron chi connectivity index (χ3n) is 0.717. The van der Waals surface area contributed by atoms with Crippen molar-refractivity contribution < 1.29 is 37.9 Å². The summed E-state index contributed by atoms with van der Waals surface area (Å²) in [6, 6.07) is 0. The van der Waals surface area contributed by atoms with Gasteiger partial charge in [0.25, 0.3) is 0 Å². The Kier molecular flexibility index (Phi) is 1.82. The van der Waals surface area contributed by atoms with Crippen LogP contribution in [0.25, 0.3) is 0 Å². The molecule has 0 heterocycles. The second kappa shape index (κ2) is 2.20. The van der Waals surface area contributed by atoms with Gasteiger partial charge in [-0.05, 0) is 0 Å². The summed E-state index contributed by atoms with van der Waals surface area (Å²) in [5.41, 5.74) is 0. The molecule has 0 radical (unpaired) electrons. The van der Waals surface area contributed by atoms with E-state index in [1.54, 1.807) is 0 Å². The van der Waals surface area contributed by atoms with Crippen molar-refractivity contribution in [2.75, 3.05) is 0 Å². The van der Waals surface area contributed by atoms with Gasteiger partial charge < -0.3 is 0 Å². The van der Waals surface area contributed by atoms with E-state index in [2.05, 4.69) is 18.2 Å². The van der Waals surface area contributed by atoms with Gasteiger partial charge in [-0.2, -0.15) is 0 Å². The fraction of sp³-hybridized carbons (Fsp3) is 0.200. The monoisotopic (exact) mass is 223 g/mol. The Bertz CT molecular complexity index is 101. The minimum atomic E-state index is 1.18. The second-order valence-corrected chi connectivity index (χ2v) is 2.69. The number of hydrogen-bond acceptors (Lipinski definition) is 0. The van der Waals surface area contributed by atoms with Gasteiger partial charge in [0, 0.05) is 0 Å². The van der Waals surface area contributed by atoms with E-state index >= 15 is 0 Å². The Morgan fingerprint density at radius 2 is 2.50 bits per heavy atom. The summed E-state index contributed by atoms with van der Waals surface area (Å²) in [5.74, 6) is 0. The molecule has 1 aliphatic carbocycles. The van der Waals surface area contributed by atoms with Crippen molar-refractivity contribution in [3.63, 3.8) is 0 Å². The molecule has 1 rings (SSSR count). The molecule has 33 valence electrons. The van der Waals surface area contributed by atoms with Crippen LogP contribution in [0.5, 0.6) is 0 Å². The van der Waals surface area contributed by atoms with E-state index < -0.39 is 0 Å². The van der Waals surface area contributed by atoms with Crippen molar-refractivity contribution in [2.24, 2.45) is 0 Å². The molecule has 0 N–H and O–H groups in total. The van der Waals surface area contributed by atoms with Gasteiger partial charge in [-0.25, -0.2) is 0 Å². The van der Waals surface area contributed by atoms with Crippen LogP contribution in [0.15, 0.2) is 19.6 Å². The first-order valence-electron chi connectivity index (χ1n) is 1.89. The van der Waals surface area contributed by atoms with Gasteiger partial charge in [-0.3, -0.25) is 0 Å². The zero-order valence-electron chi connectivity index (χ0n) is 3.29. The molecule has 0 nitrogen and oxygen atoms in total. The van der Waals surface area contributed by atoms with Crippen molar-refractivity contribution in [1.82, 2.24) is 0 Å². The van der Waals surface area contributed by atoms with Gasteiger partial charge in [0.2, 0.25) is 0 Å². The van der Waals surface area contributed by atoms with Gasteiger partial charge in [-0.1, -0.05) is 0 Å². The van der Waals surface area contributed by atoms with Crippen LogP contribution in [0.1, 0.15) is 6.42 Å². The molecular weight excluding hydrogens is 217 g/mol. The molecule has 0 aromatic carbocycles. The average Bonchev–Trinajstić information content (AvgIpc) is 1.86. The number of allylic oxidation sites excluding steroid dienone is 4. The molecule has 0 saturated heterocycles. The van der Waals surface area contributed by atoms with E-state index in [1.807, 2.05) is 37.9 Å². The summed E-state index contributed by atoms with van der Waals surface area (Å²) in [5, 5.41) is 0. The van der Waals surface area contributed by atoms with Gasteiger partial charge >= 0.3 is 63.9 Å². The molecule has 1 aliphatic rings. The van der Waals surface area contributed by atoms with Crippen LogP contribution in [0, 0.1) is 37.9 Å². The quantitative estimate of drug-likeness (QED) is 0.581. The van der Waals surface area contributed by atoms with Crippen LogP contribution in [0.2, 0.25) is 0 Å². The summed E-state index contributed by atoms with van der Waals surface area (Å²) >= 11 is 1.96. The molecule has 0 spiro atoms. The van der Waals surface area contributed by atoms with Crippen molar-refractivity contribution in [3.05, 3.63) is 19.6 Å². The van der Waals surface area contributed by atoms with Crippen LogP contribution < -0.4 is 0 Å². The van der Waals surface area contributed by atoms with Gasteiger partial charge in [0.1, 0.15) is 0 Å².